The van der Waals surface area contributed by atoms with E-state index in [1.54, 1.807) is 6.07 Å². The van der Waals surface area contributed by atoms with Crippen LogP contribution in [0.25, 0.3) is 0 Å². The van der Waals surface area contributed by atoms with Gasteiger partial charge in [0.05, 0.1) is 10.0 Å². The molecule has 0 saturated carbocycles. The van der Waals surface area contributed by atoms with Crippen LogP contribution in [0.5, 0.6) is 0 Å². The summed E-state index contributed by atoms with van der Waals surface area (Å²) in [6.07, 6.45) is 1.82. The number of hydrogen-bond donors (Lipinski definition) is 1. The highest BCUT2D eigenvalue weighted by molar-refractivity contribution is 8.01. The number of anilines is 1. The monoisotopic (exact) mass is 348 g/mol. The van der Waals surface area contributed by atoms with Gasteiger partial charge in [-0.05, 0) is 35.8 Å². The summed E-state index contributed by atoms with van der Waals surface area (Å²) in [4.78, 5) is 8.86. The van der Waals surface area contributed by atoms with Crippen molar-refractivity contribution in [1.82, 2.24) is 14.3 Å². The molecule has 2 heterocycles. The molecular weight excluding hydrogens is 335 g/mol. The first-order chi connectivity index (χ1) is 9.63. The number of aryl methyl sites for hydroxylation is 1. The van der Waals surface area contributed by atoms with Crippen LogP contribution in [-0.4, -0.2) is 20.9 Å². The highest BCUT2D eigenvalue weighted by Gasteiger charge is 2.13. The Hall–Kier alpha value is -0.560. The Bertz CT molecular complexity index is 589. The van der Waals surface area contributed by atoms with Crippen molar-refractivity contribution in [2.75, 3.05) is 11.9 Å². The molecule has 0 aromatic carbocycles. The molecule has 8 heteroatoms. The van der Waals surface area contributed by atoms with Crippen LogP contribution in [-0.2, 0) is 6.42 Å². The summed E-state index contributed by atoms with van der Waals surface area (Å²) < 4.78 is 5.08. The minimum atomic E-state index is 0.523. The van der Waals surface area contributed by atoms with Gasteiger partial charge in [0, 0.05) is 13.0 Å². The third kappa shape index (κ3) is 3.97. The van der Waals surface area contributed by atoms with Crippen molar-refractivity contribution in [3.05, 3.63) is 21.9 Å². The van der Waals surface area contributed by atoms with Crippen molar-refractivity contribution in [2.45, 2.75) is 36.1 Å². The molecule has 4 nitrogen and oxygen atoms in total. The number of rotatable bonds is 6. The molecule has 0 amide bonds. The van der Waals surface area contributed by atoms with Gasteiger partial charge in [0.2, 0.25) is 0 Å². The predicted molar refractivity (Wildman–Crippen MR) is 86.4 cm³/mol. The van der Waals surface area contributed by atoms with E-state index in [1.807, 2.05) is 6.92 Å². The second kappa shape index (κ2) is 7.45. The van der Waals surface area contributed by atoms with Gasteiger partial charge < -0.3 is 5.32 Å². The third-order valence-corrected chi connectivity index (χ3v) is 4.87. The normalized spacial score (nSPS) is 10.8. The van der Waals surface area contributed by atoms with Gasteiger partial charge in [-0.3, -0.25) is 0 Å². The summed E-state index contributed by atoms with van der Waals surface area (Å²) in [5, 5.41) is 4.92. The number of nitrogens with one attached hydrogen (secondary N) is 1. The summed E-state index contributed by atoms with van der Waals surface area (Å²) in [6.45, 7) is 4.92. The Kier molecular flexibility index (Phi) is 5.89. The van der Waals surface area contributed by atoms with Crippen LogP contribution in [0.15, 0.2) is 15.4 Å². The molecule has 0 bridgehead atoms. The largest absolute Gasteiger partial charge is 0.369 e. The maximum atomic E-state index is 6.19. The third-order valence-electron chi connectivity index (χ3n) is 2.39. The van der Waals surface area contributed by atoms with Crippen LogP contribution in [0.2, 0.25) is 10.0 Å². The first kappa shape index (κ1) is 15.8. The molecule has 0 aliphatic rings. The fraction of sp³-hybridized carbons (Fsp3) is 0.417. The van der Waals surface area contributed by atoms with Gasteiger partial charge in [0.1, 0.15) is 16.7 Å². The molecule has 20 heavy (non-hydrogen) atoms. The SMILES string of the molecule is CCCNc1nc(Sc2nc(CC)ns2)c(Cl)cc1Cl. The second-order valence-corrected chi connectivity index (χ2v) is 6.77. The maximum Gasteiger partial charge on any atom is 0.176 e. The number of hydrogen-bond acceptors (Lipinski definition) is 6. The molecule has 2 rings (SSSR count). The lowest BCUT2D eigenvalue weighted by Gasteiger charge is -2.09. The van der Waals surface area contributed by atoms with E-state index < -0.39 is 0 Å². The number of nitrogens with zero attached hydrogens (tertiary/aromatic N) is 3. The molecular formula is C12H14Cl2N4S2. The maximum absolute atomic E-state index is 6.19. The highest BCUT2D eigenvalue weighted by Crippen LogP contribution is 2.36. The van der Waals surface area contributed by atoms with E-state index in [0.29, 0.717) is 20.9 Å². The zero-order valence-electron chi connectivity index (χ0n) is 11.1. The lowest BCUT2D eigenvalue weighted by Crippen LogP contribution is -2.03. The minimum Gasteiger partial charge on any atom is -0.369 e. The zero-order chi connectivity index (χ0) is 14.5. The van der Waals surface area contributed by atoms with E-state index in [4.69, 9.17) is 23.2 Å². The summed E-state index contributed by atoms with van der Waals surface area (Å²) in [5.41, 5.74) is 0. The Morgan fingerprint density at radius 3 is 2.70 bits per heavy atom. The first-order valence-corrected chi connectivity index (χ1v) is 8.59. The van der Waals surface area contributed by atoms with Crippen LogP contribution in [0.4, 0.5) is 5.82 Å². The molecule has 0 aliphatic heterocycles. The lowest BCUT2D eigenvalue weighted by molar-refractivity contribution is 0.957. The molecule has 0 spiro atoms. The topological polar surface area (TPSA) is 50.7 Å². The van der Waals surface area contributed by atoms with Crippen molar-refractivity contribution in [3.8, 4) is 0 Å². The Balaban J connectivity index is 2.21. The molecule has 1 N–H and O–H groups in total. The zero-order valence-corrected chi connectivity index (χ0v) is 14.3. The smallest absolute Gasteiger partial charge is 0.176 e. The summed E-state index contributed by atoms with van der Waals surface area (Å²) in [5.74, 6) is 1.49. The molecule has 108 valence electrons. The van der Waals surface area contributed by atoms with E-state index in [1.165, 1.54) is 23.3 Å². The van der Waals surface area contributed by atoms with Crippen LogP contribution in [0.3, 0.4) is 0 Å². The molecule has 0 aliphatic carbocycles. The minimum absolute atomic E-state index is 0.523. The Morgan fingerprint density at radius 1 is 1.25 bits per heavy atom. The van der Waals surface area contributed by atoms with Crippen molar-refractivity contribution < 1.29 is 0 Å². The number of halogens is 2. The second-order valence-electron chi connectivity index (χ2n) is 3.96. The number of pyridine rings is 1. The van der Waals surface area contributed by atoms with Crippen LogP contribution in [0.1, 0.15) is 26.1 Å². The van der Waals surface area contributed by atoms with E-state index in [2.05, 4.69) is 26.6 Å². The fourth-order valence-electron chi connectivity index (χ4n) is 1.39. The molecule has 0 unspecified atom stereocenters. The quantitative estimate of drug-likeness (QED) is 0.814. The highest BCUT2D eigenvalue weighted by atomic mass is 35.5. The number of aromatic nitrogens is 3. The average Bonchev–Trinajstić information content (AvgIpc) is 2.88. The molecule has 0 fully saturated rings. The predicted octanol–water partition coefficient (Wildman–Crippen LogP) is 4.78. The fourth-order valence-corrected chi connectivity index (χ4v) is 3.54. The molecule has 2 aromatic rings. The molecule has 0 atom stereocenters. The Morgan fingerprint density at radius 2 is 2.05 bits per heavy atom. The van der Waals surface area contributed by atoms with Gasteiger partial charge in [0.15, 0.2) is 4.34 Å². The van der Waals surface area contributed by atoms with Crippen LogP contribution >= 0.6 is 46.5 Å². The van der Waals surface area contributed by atoms with Crippen molar-refractivity contribution in [1.29, 1.82) is 0 Å². The Labute approximate surface area is 136 Å². The van der Waals surface area contributed by atoms with E-state index in [0.717, 1.165) is 29.6 Å². The average molecular weight is 349 g/mol. The van der Waals surface area contributed by atoms with Crippen molar-refractivity contribution in [2.24, 2.45) is 0 Å². The first-order valence-electron chi connectivity index (χ1n) is 6.24. The van der Waals surface area contributed by atoms with Gasteiger partial charge in [-0.1, -0.05) is 37.0 Å². The van der Waals surface area contributed by atoms with Gasteiger partial charge >= 0.3 is 0 Å². The van der Waals surface area contributed by atoms with E-state index in [9.17, 15) is 0 Å². The van der Waals surface area contributed by atoms with Crippen molar-refractivity contribution in [3.63, 3.8) is 0 Å². The summed E-state index contributed by atoms with van der Waals surface area (Å²) in [7, 11) is 0. The van der Waals surface area contributed by atoms with Crippen LogP contribution in [0, 0.1) is 0 Å². The summed E-state index contributed by atoms with van der Waals surface area (Å²) >= 11 is 15.1. The summed E-state index contributed by atoms with van der Waals surface area (Å²) in [6, 6.07) is 1.71. The van der Waals surface area contributed by atoms with Crippen molar-refractivity contribution >= 4 is 52.3 Å². The van der Waals surface area contributed by atoms with E-state index >= 15 is 0 Å². The van der Waals surface area contributed by atoms with Gasteiger partial charge in [-0.2, -0.15) is 4.37 Å². The van der Waals surface area contributed by atoms with Gasteiger partial charge in [0.25, 0.3) is 0 Å². The standard InChI is InChI=1S/C12H14Cl2N4S2/c1-3-5-15-10-7(13)6-8(14)11(17-10)19-12-16-9(4-2)18-20-12/h6H,3-5H2,1-2H3,(H,15,17). The molecule has 0 radical (unpaired) electrons. The molecule has 0 saturated heterocycles. The van der Waals surface area contributed by atoms with E-state index in [-0.39, 0.29) is 0 Å². The lowest BCUT2D eigenvalue weighted by atomic mass is 10.4. The van der Waals surface area contributed by atoms with Gasteiger partial charge in [-0.15, -0.1) is 0 Å². The molecule has 2 aromatic heterocycles. The van der Waals surface area contributed by atoms with Gasteiger partial charge in [-0.25, -0.2) is 9.97 Å². The van der Waals surface area contributed by atoms with Crippen LogP contribution < -0.4 is 5.32 Å².